The minimum Gasteiger partial charge on any atom is -0.366 e. The van der Waals surface area contributed by atoms with Crippen molar-refractivity contribution in [2.45, 2.75) is 6.92 Å². The Labute approximate surface area is 154 Å². The highest BCUT2D eigenvalue weighted by molar-refractivity contribution is 9.10. The van der Waals surface area contributed by atoms with Gasteiger partial charge in [-0.05, 0) is 53.2 Å². The van der Waals surface area contributed by atoms with Crippen LogP contribution in [0.25, 0.3) is 0 Å². The summed E-state index contributed by atoms with van der Waals surface area (Å²) >= 11 is 3.40. The molecule has 4 nitrogen and oxygen atoms in total. The summed E-state index contributed by atoms with van der Waals surface area (Å²) in [6.07, 6.45) is 0. The molecule has 0 unspecified atom stereocenters. The monoisotopic (exact) mass is 404 g/mol. The molecule has 0 atom stereocenters. The first-order chi connectivity index (χ1) is 12.0. The summed E-state index contributed by atoms with van der Waals surface area (Å²) in [5.41, 5.74) is 1.47. The van der Waals surface area contributed by atoms with E-state index in [1.165, 1.54) is 13.0 Å². The van der Waals surface area contributed by atoms with Crippen LogP contribution in [0.5, 0.6) is 0 Å². The fourth-order valence-corrected chi connectivity index (χ4v) is 3.39. The number of nitrogens with zero attached hydrogens (tertiary/aromatic N) is 2. The number of piperazine rings is 1. The molecule has 130 valence electrons. The Morgan fingerprint density at radius 3 is 2.32 bits per heavy atom. The van der Waals surface area contributed by atoms with E-state index < -0.39 is 5.82 Å². The molecule has 1 aliphatic heterocycles. The maximum Gasteiger partial charge on any atom is 0.255 e. The van der Waals surface area contributed by atoms with Gasteiger partial charge in [0.25, 0.3) is 5.91 Å². The van der Waals surface area contributed by atoms with E-state index >= 15 is 0 Å². The Bertz CT molecular complexity index is 817. The predicted octanol–water partition coefficient (Wildman–Crippen LogP) is 3.75. The topological polar surface area (TPSA) is 40.6 Å². The number of rotatable bonds is 3. The summed E-state index contributed by atoms with van der Waals surface area (Å²) in [5, 5.41) is 0. The van der Waals surface area contributed by atoms with E-state index in [0.29, 0.717) is 43.0 Å². The van der Waals surface area contributed by atoms with Crippen molar-refractivity contribution in [1.82, 2.24) is 4.90 Å². The standard InChI is InChI=1S/C19H18BrFN2O2/c1-13(24)14-6-7-18(17(21)12-14)22-8-10-23(11-9-22)19(25)15-4-2-3-5-16(15)20/h2-7,12H,8-11H2,1H3. The van der Waals surface area contributed by atoms with Crippen molar-refractivity contribution in [3.05, 3.63) is 63.9 Å². The number of hydrogen-bond acceptors (Lipinski definition) is 3. The molecular formula is C19H18BrFN2O2. The minimum atomic E-state index is -0.404. The van der Waals surface area contributed by atoms with Crippen LogP contribution >= 0.6 is 15.9 Å². The lowest BCUT2D eigenvalue weighted by atomic mass is 10.1. The molecule has 2 aromatic rings. The van der Waals surface area contributed by atoms with Crippen LogP contribution in [0.2, 0.25) is 0 Å². The van der Waals surface area contributed by atoms with Crippen LogP contribution in [0.4, 0.5) is 10.1 Å². The lowest BCUT2D eigenvalue weighted by Gasteiger charge is -2.36. The van der Waals surface area contributed by atoms with Gasteiger partial charge in [-0.2, -0.15) is 0 Å². The molecule has 1 saturated heterocycles. The normalized spacial score (nSPS) is 14.5. The van der Waals surface area contributed by atoms with E-state index in [-0.39, 0.29) is 11.7 Å². The molecule has 1 heterocycles. The molecule has 3 rings (SSSR count). The zero-order valence-corrected chi connectivity index (χ0v) is 15.4. The number of carbonyl (C=O) groups excluding carboxylic acids is 2. The first kappa shape index (κ1) is 17.6. The van der Waals surface area contributed by atoms with Crippen LogP contribution in [0.1, 0.15) is 27.6 Å². The number of hydrogen-bond donors (Lipinski definition) is 0. The Balaban J connectivity index is 1.69. The van der Waals surface area contributed by atoms with Crippen LogP contribution < -0.4 is 4.90 Å². The second kappa shape index (κ2) is 7.35. The van der Waals surface area contributed by atoms with Gasteiger partial charge in [0, 0.05) is 36.2 Å². The highest BCUT2D eigenvalue weighted by atomic mass is 79.9. The van der Waals surface area contributed by atoms with Gasteiger partial charge in [-0.15, -0.1) is 0 Å². The minimum absolute atomic E-state index is 0.0282. The molecule has 0 aliphatic carbocycles. The molecule has 6 heteroatoms. The highest BCUT2D eigenvalue weighted by Gasteiger charge is 2.24. The number of anilines is 1. The van der Waals surface area contributed by atoms with Crippen molar-refractivity contribution in [3.63, 3.8) is 0 Å². The zero-order valence-electron chi connectivity index (χ0n) is 13.8. The van der Waals surface area contributed by atoms with Crippen molar-refractivity contribution in [3.8, 4) is 0 Å². The summed E-state index contributed by atoms with van der Waals surface area (Å²) < 4.78 is 15.1. The Hall–Kier alpha value is -2.21. The number of halogens is 2. The molecule has 2 aromatic carbocycles. The molecule has 1 aliphatic rings. The van der Waals surface area contributed by atoms with Gasteiger partial charge in [0.2, 0.25) is 0 Å². The number of carbonyl (C=O) groups is 2. The third-order valence-corrected chi connectivity index (χ3v) is 5.06. The maximum atomic E-state index is 14.3. The van der Waals surface area contributed by atoms with Gasteiger partial charge >= 0.3 is 0 Å². The first-order valence-electron chi connectivity index (χ1n) is 8.06. The van der Waals surface area contributed by atoms with E-state index in [1.807, 2.05) is 23.1 Å². The van der Waals surface area contributed by atoms with Crippen LogP contribution in [0.15, 0.2) is 46.9 Å². The molecule has 1 amide bonds. The van der Waals surface area contributed by atoms with Gasteiger partial charge in [-0.1, -0.05) is 12.1 Å². The SMILES string of the molecule is CC(=O)c1ccc(N2CCN(C(=O)c3ccccc3Br)CC2)c(F)c1. The van der Waals surface area contributed by atoms with Crippen molar-refractivity contribution >= 4 is 33.3 Å². The van der Waals surface area contributed by atoms with E-state index in [4.69, 9.17) is 0 Å². The van der Waals surface area contributed by atoms with Crippen molar-refractivity contribution in [1.29, 1.82) is 0 Å². The van der Waals surface area contributed by atoms with Gasteiger partial charge in [0.05, 0.1) is 11.3 Å². The second-order valence-corrected chi connectivity index (χ2v) is 6.84. The Kier molecular flexibility index (Phi) is 5.18. The van der Waals surface area contributed by atoms with Crippen LogP contribution in [0, 0.1) is 5.82 Å². The highest BCUT2D eigenvalue weighted by Crippen LogP contribution is 2.24. The van der Waals surface area contributed by atoms with Crippen LogP contribution in [-0.2, 0) is 0 Å². The van der Waals surface area contributed by atoms with E-state index in [1.54, 1.807) is 23.1 Å². The summed E-state index contributed by atoms with van der Waals surface area (Å²) in [4.78, 5) is 27.6. The van der Waals surface area contributed by atoms with E-state index in [2.05, 4.69) is 15.9 Å². The predicted molar refractivity (Wildman–Crippen MR) is 98.7 cm³/mol. The molecule has 0 N–H and O–H groups in total. The molecule has 0 spiro atoms. The smallest absolute Gasteiger partial charge is 0.255 e. The zero-order chi connectivity index (χ0) is 18.0. The first-order valence-corrected chi connectivity index (χ1v) is 8.86. The molecule has 0 saturated carbocycles. The number of ketones is 1. The second-order valence-electron chi connectivity index (χ2n) is 5.98. The average molecular weight is 405 g/mol. The van der Waals surface area contributed by atoms with E-state index in [0.717, 1.165) is 4.47 Å². The third kappa shape index (κ3) is 3.74. The van der Waals surface area contributed by atoms with E-state index in [9.17, 15) is 14.0 Å². The van der Waals surface area contributed by atoms with Crippen molar-refractivity contribution in [2.75, 3.05) is 31.1 Å². The van der Waals surface area contributed by atoms with Crippen LogP contribution in [0.3, 0.4) is 0 Å². The molecule has 0 radical (unpaired) electrons. The quantitative estimate of drug-likeness (QED) is 0.731. The molecular weight excluding hydrogens is 387 g/mol. The third-order valence-electron chi connectivity index (χ3n) is 4.37. The van der Waals surface area contributed by atoms with Crippen molar-refractivity contribution in [2.24, 2.45) is 0 Å². The number of benzene rings is 2. The van der Waals surface area contributed by atoms with Crippen LogP contribution in [-0.4, -0.2) is 42.8 Å². The Morgan fingerprint density at radius 1 is 1.04 bits per heavy atom. The van der Waals surface area contributed by atoms with Crippen molar-refractivity contribution < 1.29 is 14.0 Å². The molecule has 1 fully saturated rings. The summed E-state index contributed by atoms with van der Waals surface area (Å²) in [6, 6.07) is 11.9. The average Bonchev–Trinajstić information content (AvgIpc) is 2.61. The largest absolute Gasteiger partial charge is 0.366 e. The number of Topliss-reactive ketones (excluding diaryl/α,β-unsaturated/α-hetero) is 1. The van der Waals surface area contributed by atoms with Gasteiger partial charge in [0.15, 0.2) is 5.78 Å². The van der Waals surface area contributed by atoms with Gasteiger partial charge in [0.1, 0.15) is 5.82 Å². The summed E-state index contributed by atoms with van der Waals surface area (Å²) in [5.74, 6) is -0.591. The fraction of sp³-hybridized carbons (Fsp3) is 0.263. The number of amides is 1. The lowest BCUT2D eigenvalue weighted by molar-refractivity contribution is 0.0745. The lowest BCUT2D eigenvalue weighted by Crippen LogP contribution is -2.49. The summed E-state index contributed by atoms with van der Waals surface area (Å²) in [7, 11) is 0. The fourth-order valence-electron chi connectivity index (χ4n) is 2.94. The summed E-state index contributed by atoms with van der Waals surface area (Å²) in [6.45, 7) is 3.56. The maximum absolute atomic E-state index is 14.3. The van der Waals surface area contributed by atoms with Gasteiger partial charge < -0.3 is 9.80 Å². The van der Waals surface area contributed by atoms with Gasteiger partial charge in [-0.25, -0.2) is 4.39 Å². The molecule has 25 heavy (non-hydrogen) atoms. The Morgan fingerprint density at radius 2 is 1.72 bits per heavy atom. The van der Waals surface area contributed by atoms with Gasteiger partial charge in [-0.3, -0.25) is 9.59 Å². The molecule has 0 aromatic heterocycles. The molecule has 0 bridgehead atoms.